The first-order valence-corrected chi connectivity index (χ1v) is 3.51. The normalized spacial score (nSPS) is 10.7. The Labute approximate surface area is 68.4 Å². The van der Waals surface area contributed by atoms with Gasteiger partial charge < -0.3 is 4.74 Å². The minimum atomic E-state index is 0.607. The molecule has 0 bridgehead atoms. The van der Waals surface area contributed by atoms with Crippen LogP contribution >= 0.6 is 0 Å². The molecular weight excluding hydrogens is 136 g/mol. The van der Waals surface area contributed by atoms with Crippen LogP contribution in [0, 0.1) is 0 Å². The van der Waals surface area contributed by atoms with Gasteiger partial charge in [0.05, 0.1) is 0 Å². The number of allylic oxidation sites excluding steroid dienone is 4. The SMILES string of the molecule is C=C(/C=C\C)OC(=C)/C=C\C. The molecule has 0 aromatic heterocycles. The molecule has 60 valence electrons. The van der Waals surface area contributed by atoms with Gasteiger partial charge in [-0.25, -0.2) is 0 Å². The Hall–Kier alpha value is -1.24. The molecule has 0 aliphatic carbocycles. The summed E-state index contributed by atoms with van der Waals surface area (Å²) in [5.74, 6) is 1.21. The zero-order valence-corrected chi connectivity index (χ0v) is 7.13. The van der Waals surface area contributed by atoms with Crippen molar-refractivity contribution in [2.45, 2.75) is 13.8 Å². The number of rotatable bonds is 4. The fourth-order valence-corrected chi connectivity index (χ4v) is 0.608. The van der Waals surface area contributed by atoms with Crippen LogP contribution in [-0.4, -0.2) is 0 Å². The summed E-state index contributed by atoms with van der Waals surface area (Å²) in [5, 5.41) is 0. The van der Waals surface area contributed by atoms with E-state index in [1.165, 1.54) is 0 Å². The van der Waals surface area contributed by atoms with Gasteiger partial charge in [0.15, 0.2) is 0 Å². The predicted octanol–water partition coefficient (Wildman–Crippen LogP) is 3.18. The third-order valence-electron chi connectivity index (χ3n) is 0.967. The molecule has 0 saturated carbocycles. The van der Waals surface area contributed by atoms with E-state index in [0.717, 1.165) is 0 Å². The summed E-state index contributed by atoms with van der Waals surface area (Å²) in [6.07, 6.45) is 7.31. The van der Waals surface area contributed by atoms with Crippen molar-refractivity contribution in [3.05, 3.63) is 49.0 Å². The summed E-state index contributed by atoms with van der Waals surface area (Å²) < 4.78 is 5.17. The molecule has 1 heteroatoms. The first-order chi connectivity index (χ1) is 5.20. The number of ether oxygens (including phenoxy) is 1. The molecule has 0 aromatic rings. The highest BCUT2D eigenvalue weighted by Gasteiger charge is 1.88. The summed E-state index contributed by atoms with van der Waals surface area (Å²) >= 11 is 0. The Kier molecular flexibility index (Phi) is 4.91. The van der Waals surface area contributed by atoms with Gasteiger partial charge in [0.1, 0.15) is 11.5 Å². The Morgan fingerprint density at radius 3 is 1.64 bits per heavy atom. The molecule has 0 N–H and O–H groups in total. The monoisotopic (exact) mass is 150 g/mol. The van der Waals surface area contributed by atoms with Gasteiger partial charge in [-0.15, -0.1) is 0 Å². The summed E-state index contributed by atoms with van der Waals surface area (Å²) in [5.41, 5.74) is 0. The minimum absolute atomic E-state index is 0.607. The van der Waals surface area contributed by atoms with Crippen molar-refractivity contribution in [1.29, 1.82) is 0 Å². The lowest BCUT2D eigenvalue weighted by Gasteiger charge is -2.02. The van der Waals surface area contributed by atoms with Gasteiger partial charge in [0.25, 0.3) is 0 Å². The van der Waals surface area contributed by atoms with Crippen LogP contribution in [0.25, 0.3) is 0 Å². The Morgan fingerprint density at radius 1 is 1.00 bits per heavy atom. The van der Waals surface area contributed by atoms with Crippen LogP contribution in [0.3, 0.4) is 0 Å². The molecule has 0 aliphatic rings. The van der Waals surface area contributed by atoms with Crippen LogP contribution in [0.2, 0.25) is 0 Å². The minimum Gasteiger partial charge on any atom is -0.459 e. The van der Waals surface area contributed by atoms with E-state index in [2.05, 4.69) is 13.2 Å². The highest BCUT2D eigenvalue weighted by Crippen LogP contribution is 2.04. The van der Waals surface area contributed by atoms with Gasteiger partial charge in [-0.1, -0.05) is 25.3 Å². The van der Waals surface area contributed by atoms with Crippen LogP contribution in [0.5, 0.6) is 0 Å². The van der Waals surface area contributed by atoms with Gasteiger partial charge >= 0.3 is 0 Å². The molecule has 0 aliphatic heterocycles. The zero-order chi connectivity index (χ0) is 8.69. The maximum atomic E-state index is 5.17. The summed E-state index contributed by atoms with van der Waals surface area (Å²) in [6.45, 7) is 11.1. The molecule has 0 spiro atoms. The molecule has 0 amide bonds. The molecule has 0 fully saturated rings. The Balaban J connectivity index is 3.85. The van der Waals surface area contributed by atoms with Crippen molar-refractivity contribution in [3.8, 4) is 0 Å². The van der Waals surface area contributed by atoms with Crippen molar-refractivity contribution in [2.24, 2.45) is 0 Å². The third kappa shape index (κ3) is 5.22. The van der Waals surface area contributed by atoms with Gasteiger partial charge in [0.2, 0.25) is 0 Å². The van der Waals surface area contributed by atoms with Crippen LogP contribution in [0.15, 0.2) is 49.0 Å². The largest absolute Gasteiger partial charge is 0.459 e. The first-order valence-electron chi connectivity index (χ1n) is 3.51. The van der Waals surface area contributed by atoms with Crippen molar-refractivity contribution in [2.75, 3.05) is 0 Å². The van der Waals surface area contributed by atoms with Crippen molar-refractivity contribution in [1.82, 2.24) is 0 Å². The van der Waals surface area contributed by atoms with E-state index in [4.69, 9.17) is 4.74 Å². The van der Waals surface area contributed by atoms with Crippen molar-refractivity contribution in [3.63, 3.8) is 0 Å². The molecule has 11 heavy (non-hydrogen) atoms. The predicted molar refractivity (Wildman–Crippen MR) is 49.0 cm³/mol. The van der Waals surface area contributed by atoms with Crippen molar-refractivity contribution >= 4 is 0 Å². The topological polar surface area (TPSA) is 9.23 Å². The second-order valence-corrected chi connectivity index (χ2v) is 2.03. The van der Waals surface area contributed by atoms with E-state index >= 15 is 0 Å². The quantitative estimate of drug-likeness (QED) is 0.441. The van der Waals surface area contributed by atoms with E-state index in [0.29, 0.717) is 11.5 Å². The molecule has 0 rings (SSSR count). The van der Waals surface area contributed by atoms with Gasteiger partial charge in [-0.3, -0.25) is 0 Å². The molecule has 0 aromatic carbocycles. The average Bonchev–Trinajstić information content (AvgIpc) is 1.87. The molecule has 0 saturated heterocycles. The van der Waals surface area contributed by atoms with Gasteiger partial charge in [-0.05, 0) is 26.0 Å². The highest BCUT2D eigenvalue weighted by atomic mass is 16.5. The van der Waals surface area contributed by atoms with Crippen LogP contribution < -0.4 is 0 Å². The lowest BCUT2D eigenvalue weighted by atomic mass is 10.4. The number of hydrogen-bond donors (Lipinski definition) is 0. The Bertz CT molecular complexity index is 175. The van der Waals surface area contributed by atoms with E-state index in [1.807, 2.05) is 26.0 Å². The second kappa shape index (κ2) is 5.54. The molecule has 1 nitrogen and oxygen atoms in total. The average molecular weight is 150 g/mol. The fraction of sp³-hybridized carbons (Fsp3) is 0.200. The van der Waals surface area contributed by atoms with Crippen LogP contribution in [0.1, 0.15) is 13.8 Å². The molecule has 0 radical (unpaired) electrons. The molecule has 0 atom stereocenters. The van der Waals surface area contributed by atoms with Crippen LogP contribution in [-0.2, 0) is 4.74 Å². The maximum absolute atomic E-state index is 5.17. The van der Waals surface area contributed by atoms with E-state index in [1.54, 1.807) is 12.2 Å². The summed E-state index contributed by atoms with van der Waals surface area (Å²) in [4.78, 5) is 0. The first kappa shape index (κ1) is 9.76. The van der Waals surface area contributed by atoms with E-state index < -0.39 is 0 Å². The Morgan fingerprint density at radius 2 is 1.36 bits per heavy atom. The van der Waals surface area contributed by atoms with Crippen LogP contribution in [0.4, 0.5) is 0 Å². The molecule has 0 unspecified atom stereocenters. The van der Waals surface area contributed by atoms with Gasteiger partial charge in [0, 0.05) is 0 Å². The maximum Gasteiger partial charge on any atom is 0.119 e. The summed E-state index contributed by atoms with van der Waals surface area (Å²) in [6, 6.07) is 0. The highest BCUT2D eigenvalue weighted by molar-refractivity contribution is 5.14. The lowest BCUT2D eigenvalue weighted by molar-refractivity contribution is 0.340. The third-order valence-corrected chi connectivity index (χ3v) is 0.967. The zero-order valence-electron chi connectivity index (χ0n) is 7.13. The lowest BCUT2D eigenvalue weighted by Crippen LogP contribution is -1.83. The van der Waals surface area contributed by atoms with E-state index in [9.17, 15) is 0 Å². The van der Waals surface area contributed by atoms with E-state index in [-0.39, 0.29) is 0 Å². The second-order valence-electron chi connectivity index (χ2n) is 2.03. The fourth-order valence-electron chi connectivity index (χ4n) is 0.608. The smallest absolute Gasteiger partial charge is 0.119 e. The summed E-state index contributed by atoms with van der Waals surface area (Å²) in [7, 11) is 0. The van der Waals surface area contributed by atoms with Crippen molar-refractivity contribution < 1.29 is 4.74 Å². The standard InChI is InChI=1S/C10H14O/c1-5-7-9(3)11-10(4)8-6-2/h5-8H,3-4H2,1-2H3/b7-5-,8-6-. The molecule has 0 heterocycles. The molecular formula is C10H14O. The number of hydrogen-bond acceptors (Lipinski definition) is 1. The van der Waals surface area contributed by atoms with Gasteiger partial charge in [-0.2, -0.15) is 0 Å².